The number of amides is 1. The van der Waals surface area contributed by atoms with Crippen molar-refractivity contribution in [3.05, 3.63) is 53.3 Å². The van der Waals surface area contributed by atoms with Crippen LogP contribution in [0.4, 0.5) is 10.1 Å². The lowest BCUT2D eigenvalue weighted by molar-refractivity contribution is 0.102. The summed E-state index contributed by atoms with van der Waals surface area (Å²) in [6, 6.07) is 7.61. The van der Waals surface area contributed by atoms with Crippen LogP contribution in [0.25, 0.3) is 0 Å². The van der Waals surface area contributed by atoms with Crippen molar-refractivity contribution in [2.75, 3.05) is 5.32 Å². The van der Waals surface area contributed by atoms with Crippen molar-refractivity contribution in [3.63, 3.8) is 0 Å². The second-order valence-corrected chi connectivity index (χ2v) is 4.62. The maximum Gasteiger partial charge on any atom is 0.263 e. The van der Waals surface area contributed by atoms with Crippen molar-refractivity contribution in [1.29, 1.82) is 0 Å². The monoisotopic (exact) mass is 306 g/mol. The van der Waals surface area contributed by atoms with E-state index in [0.717, 1.165) is 6.07 Å². The van der Waals surface area contributed by atoms with Gasteiger partial charge in [-0.15, -0.1) is 0 Å². The molecule has 0 radical (unpaired) electrons. The van der Waals surface area contributed by atoms with Gasteiger partial charge < -0.3 is 21.3 Å². The summed E-state index contributed by atoms with van der Waals surface area (Å²) in [5.74, 6) is -2.09. The second kappa shape index (κ2) is 5.76. The van der Waals surface area contributed by atoms with E-state index in [-0.39, 0.29) is 33.3 Å². The first-order chi connectivity index (χ1) is 9.90. The van der Waals surface area contributed by atoms with Crippen LogP contribution in [0.1, 0.15) is 15.9 Å². The number of phenols is 2. The predicted molar refractivity (Wildman–Crippen MR) is 80.0 cm³/mol. The molecule has 5 nitrogen and oxygen atoms in total. The molecule has 5 N–H and O–H groups in total. The topological polar surface area (TPSA) is 95.6 Å². The molecule has 1 amide bonds. The highest BCUT2D eigenvalue weighted by atomic mass is 32.1. The summed E-state index contributed by atoms with van der Waals surface area (Å²) in [7, 11) is 0. The molecule has 0 atom stereocenters. The molecular weight excluding hydrogens is 295 g/mol. The normalized spacial score (nSPS) is 10.1. The molecule has 2 aromatic rings. The Morgan fingerprint density at radius 2 is 1.81 bits per heavy atom. The molecule has 7 heteroatoms. The van der Waals surface area contributed by atoms with Crippen molar-refractivity contribution in [2.45, 2.75) is 0 Å². The first-order valence-corrected chi connectivity index (χ1v) is 6.22. The van der Waals surface area contributed by atoms with Crippen molar-refractivity contribution in [1.82, 2.24) is 0 Å². The van der Waals surface area contributed by atoms with E-state index in [0.29, 0.717) is 0 Å². The Balaban J connectivity index is 2.32. The average Bonchev–Trinajstić information content (AvgIpc) is 2.40. The lowest BCUT2D eigenvalue weighted by Gasteiger charge is -2.10. The number of halogens is 1. The smallest absolute Gasteiger partial charge is 0.263 e. The van der Waals surface area contributed by atoms with E-state index < -0.39 is 11.7 Å². The lowest BCUT2D eigenvalue weighted by Crippen LogP contribution is -2.15. The number of nitrogens with two attached hydrogens (primary N) is 1. The molecule has 0 fully saturated rings. The fraction of sp³-hybridized carbons (Fsp3) is 0. The van der Waals surface area contributed by atoms with Gasteiger partial charge in [-0.2, -0.15) is 0 Å². The zero-order valence-corrected chi connectivity index (χ0v) is 11.4. The number of phenolic OH excluding ortho intramolecular Hbond substituents is 2. The van der Waals surface area contributed by atoms with Gasteiger partial charge in [-0.25, -0.2) is 4.39 Å². The first kappa shape index (κ1) is 14.7. The Hall–Kier alpha value is -2.67. The summed E-state index contributed by atoms with van der Waals surface area (Å²) in [4.78, 5) is 11.9. The highest BCUT2D eigenvalue weighted by Gasteiger charge is 2.17. The number of hydrogen-bond acceptors (Lipinski definition) is 4. The Labute approximate surface area is 124 Å². The van der Waals surface area contributed by atoms with Crippen LogP contribution in [0.2, 0.25) is 0 Å². The fourth-order valence-corrected chi connectivity index (χ4v) is 1.90. The minimum atomic E-state index is -0.744. The van der Waals surface area contributed by atoms with Crippen LogP contribution in [-0.2, 0) is 0 Å². The van der Waals surface area contributed by atoms with Crippen molar-refractivity contribution in [2.24, 2.45) is 5.73 Å². The van der Waals surface area contributed by atoms with Gasteiger partial charge in [0.25, 0.3) is 5.91 Å². The number of anilines is 1. The first-order valence-electron chi connectivity index (χ1n) is 5.82. The minimum Gasteiger partial charge on any atom is -0.507 e. The SMILES string of the molecule is NC(=S)c1cc(NC(=O)c2c(O)cccc2O)ccc1F. The fourth-order valence-electron chi connectivity index (χ4n) is 1.75. The lowest BCUT2D eigenvalue weighted by atomic mass is 10.1. The third-order valence-electron chi connectivity index (χ3n) is 2.74. The summed E-state index contributed by atoms with van der Waals surface area (Å²) >= 11 is 4.70. The van der Waals surface area contributed by atoms with Gasteiger partial charge in [0.2, 0.25) is 0 Å². The van der Waals surface area contributed by atoms with Gasteiger partial charge in [0, 0.05) is 11.3 Å². The van der Waals surface area contributed by atoms with E-state index in [1.807, 2.05) is 0 Å². The Kier molecular flexibility index (Phi) is 4.04. The average molecular weight is 306 g/mol. The van der Waals surface area contributed by atoms with Gasteiger partial charge in [-0.3, -0.25) is 4.79 Å². The number of nitrogens with one attached hydrogen (secondary N) is 1. The molecular formula is C14H11FN2O3S. The Morgan fingerprint density at radius 3 is 2.38 bits per heavy atom. The molecule has 0 saturated heterocycles. The molecule has 0 bridgehead atoms. The molecule has 21 heavy (non-hydrogen) atoms. The molecule has 0 unspecified atom stereocenters. The number of carbonyl (C=O) groups excluding carboxylic acids is 1. The van der Waals surface area contributed by atoms with Gasteiger partial charge in [-0.05, 0) is 30.3 Å². The highest BCUT2D eigenvalue weighted by Crippen LogP contribution is 2.27. The molecule has 0 aromatic heterocycles. The van der Waals surface area contributed by atoms with E-state index in [1.165, 1.54) is 30.3 Å². The van der Waals surface area contributed by atoms with E-state index >= 15 is 0 Å². The van der Waals surface area contributed by atoms with Crippen LogP contribution in [0.15, 0.2) is 36.4 Å². The minimum absolute atomic E-state index is 0.00990. The molecule has 108 valence electrons. The van der Waals surface area contributed by atoms with Crippen molar-refractivity contribution < 1.29 is 19.4 Å². The van der Waals surface area contributed by atoms with Crippen molar-refractivity contribution in [3.8, 4) is 11.5 Å². The van der Waals surface area contributed by atoms with Crippen LogP contribution < -0.4 is 11.1 Å². The quantitative estimate of drug-likeness (QED) is 0.652. The summed E-state index contributed by atoms with van der Waals surface area (Å²) < 4.78 is 13.4. The van der Waals surface area contributed by atoms with Crippen LogP contribution in [0, 0.1) is 5.82 Å². The number of thiocarbonyl (C=S) groups is 1. The van der Waals surface area contributed by atoms with Crippen LogP contribution >= 0.6 is 12.2 Å². The molecule has 0 aliphatic rings. The number of carbonyl (C=O) groups is 1. The molecule has 2 aromatic carbocycles. The maximum absolute atomic E-state index is 13.4. The number of aromatic hydroxyl groups is 2. The molecule has 0 spiro atoms. The van der Waals surface area contributed by atoms with E-state index in [4.69, 9.17) is 18.0 Å². The molecule has 0 heterocycles. The zero-order chi connectivity index (χ0) is 15.6. The third-order valence-corrected chi connectivity index (χ3v) is 2.96. The zero-order valence-electron chi connectivity index (χ0n) is 10.6. The van der Waals surface area contributed by atoms with Gasteiger partial charge >= 0.3 is 0 Å². The van der Waals surface area contributed by atoms with Gasteiger partial charge in [0.05, 0.1) is 0 Å². The summed E-state index contributed by atoms with van der Waals surface area (Å²) in [6.45, 7) is 0. The van der Waals surface area contributed by atoms with E-state index in [1.54, 1.807) is 0 Å². The van der Waals surface area contributed by atoms with E-state index in [9.17, 15) is 19.4 Å². The third kappa shape index (κ3) is 3.09. The highest BCUT2D eigenvalue weighted by molar-refractivity contribution is 7.80. The standard InChI is InChI=1S/C14H11FN2O3S/c15-9-5-4-7(6-8(9)13(16)21)17-14(20)12-10(18)2-1-3-11(12)19/h1-6,18-19H,(H2,16,21)(H,17,20). The van der Waals surface area contributed by atoms with Crippen LogP contribution in [-0.4, -0.2) is 21.1 Å². The van der Waals surface area contributed by atoms with Crippen LogP contribution in [0.3, 0.4) is 0 Å². The summed E-state index contributed by atoms with van der Waals surface area (Å²) in [6.07, 6.45) is 0. The molecule has 0 aliphatic carbocycles. The molecule has 0 aliphatic heterocycles. The van der Waals surface area contributed by atoms with Crippen molar-refractivity contribution >= 4 is 28.8 Å². The van der Waals surface area contributed by atoms with Crippen LogP contribution in [0.5, 0.6) is 11.5 Å². The van der Waals surface area contributed by atoms with Gasteiger partial charge in [0.15, 0.2) is 0 Å². The number of hydrogen-bond donors (Lipinski definition) is 4. The number of rotatable bonds is 3. The Bertz CT molecular complexity index is 714. The largest absolute Gasteiger partial charge is 0.507 e. The molecule has 2 rings (SSSR count). The van der Waals surface area contributed by atoms with Gasteiger partial charge in [-0.1, -0.05) is 18.3 Å². The van der Waals surface area contributed by atoms with Gasteiger partial charge in [0.1, 0.15) is 27.9 Å². The summed E-state index contributed by atoms with van der Waals surface area (Å²) in [5.41, 5.74) is 5.31. The predicted octanol–water partition coefficient (Wildman–Crippen LogP) is 2.12. The summed E-state index contributed by atoms with van der Waals surface area (Å²) in [5, 5.41) is 21.6. The second-order valence-electron chi connectivity index (χ2n) is 4.18. The maximum atomic E-state index is 13.4. The Morgan fingerprint density at radius 1 is 1.19 bits per heavy atom. The molecule has 0 saturated carbocycles. The van der Waals surface area contributed by atoms with E-state index in [2.05, 4.69) is 5.32 Å². The number of benzene rings is 2.